The van der Waals surface area contributed by atoms with Crippen molar-refractivity contribution in [2.24, 2.45) is 5.10 Å². The van der Waals surface area contributed by atoms with Crippen LogP contribution in [0.25, 0.3) is 0 Å². The Morgan fingerprint density at radius 3 is 2.75 bits per heavy atom. The van der Waals surface area contributed by atoms with Crippen molar-refractivity contribution in [1.82, 2.24) is 5.43 Å². The van der Waals surface area contributed by atoms with Gasteiger partial charge in [0.1, 0.15) is 0 Å². The molecule has 24 heavy (non-hydrogen) atoms. The van der Waals surface area contributed by atoms with Gasteiger partial charge in [0.2, 0.25) is 12.7 Å². The third kappa shape index (κ3) is 3.56. The van der Waals surface area contributed by atoms with Gasteiger partial charge in [0.15, 0.2) is 11.5 Å². The molecule has 1 aliphatic rings. The van der Waals surface area contributed by atoms with E-state index in [0.717, 1.165) is 28.0 Å². The summed E-state index contributed by atoms with van der Waals surface area (Å²) >= 11 is 0. The zero-order valence-corrected chi connectivity index (χ0v) is 14.1. The van der Waals surface area contributed by atoms with Gasteiger partial charge >= 0.3 is 0 Å². The Labute approximate surface area is 141 Å². The molecule has 0 bridgehead atoms. The molecule has 0 aromatic heterocycles. The molecular formula is C19H20N2O3. The highest BCUT2D eigenvalue weighted by Crippen LogP contribution is 2.32. The highest BCUT2D eigenvalue weighted by Gasteiger charge is 2.14. The average molecular weight is 324 g/mol. The molecule has 0 unspecified atom stereocenters. The Kier molecular flexibility index (Phi) is 4.51. The number of ether oxygens (including phenoxy) is 2. The smallest absolute Gasteiger partial charge is 0.244 e. The lowest BCUT2D eigenvalue weighted by molar-refractivity contribution is -0.120. The lowest BCUT2D eigenvalue weighted by atomic mass is 10.0. The van der Waals surface area contributed by atoms with Crippen LogP contribution in [0.15, 0.2) is 41.5 Å². The summed E-state index contributed by atoms with van der Waals surface area (Å²) in [4.78, 5) is 12.1. The van der Waals surface area contributed by atoms with E-state index in [4.69, 9.17) is 9.47 Å². The molecule has 5 nitrogen and oxygen atoms in total. The maximum Gasteiger partial charge on any atom is 0.244 e. The first-order valence-corrected chi connectivity index (χ1v) is 7.82. The molecule has 3 rings (SSSR count). The van der Waals surface area contributed by atoms with Crippen molar-refractivity contribution in [2.75, 3.05) is 6.79 Å². The summed E-state index contributed by atoms with van der Waals surface area (Å²) in [5, 5.41) is 4.23. The van der Waals surface area contributed by atoms with Gasteiger partial charge in [-0.25, -0.2) is 5.43 Å². The van der Waals surface area contributed by atoms with Crippen LogP contribution in [0.2, 0.25) is 0 Å². The van der Waals surface area contributed by atoms with Gasteiger partial charge < -0.3 is 9.47 Å². The predicted molar refractivity (Wildman–Crippen MR) is 92.5 cm³/mol. The molecule has 1 aliphatic heterocycles. The van der Waals surface area contributed by atoms with E-state index in [1.165, 1.54) is 0 Å². The maximum atomic E-state index is 12.1. The second kappa shape index (κ2) is 6.74. The maximum absolute atomic E-state index is 12.1. The Bertz CT molecular complexity index is 812. The van der Waals surface area contributed by atoms with Gasteiger partial charge in [0.25, 0.3) is 0 Å². The molecule has 1 heterocycles. The van der Waals surface area contributed by atoms with E-state index in [1.54, 1.807) is 0 Å². The second-order valence-corrected chi connectivity index (χ2v) is 5.91. The number of fused-ring (bicyclic) bond motifs is 1. The van der Waals surface area contributed by atoms with E-state index < -0.39 is 0 Å². The number of benzene rings is 2. The molecule has 0 fully saturated rings. The highest BCUT2D eigenvalue weighted by molar-refractivity contribution is 6.00. The zero-order chi connectivity index (χ0) is 17.1. The van der Waals surface area contributed by atoms with Crippen molar-refractivity contribution in [3.63, 3.8) is 0 Å². The summed E-state index contributed by atoms with van der Waals surface area (Å²) in [5.41, 5.74) is 7.60. The van der Waals surface area contributed by atoms with Crippen molar-refractivity contribution in [1.29, 1.82) is 0 Å². The van der Waals surface area contributed by atoms with Crippen molar-refractivity contribution in [3.05, 3.63) is 58.7 Å². The number of carbonyl (C=O) groups is 1. The van der Waals surface area contributed by atoms with Crippen LogP contribution in [0.4, 0.5) is 0 Å². The minimum atomic E-state index is -0.168. The molecule has 0 spiro atoms. The van der Waals surface area contributed by atoms with Gasteiger partial charge in [-0.1, -0.05) is 23.8 Å². The molecule has 0 saturated carbocycles. The van der Waals surface area contributed by atoms with E-state index in [9.17, 15) is 4.79 Å². The van der Waals surface area contributed by atoms with E-state index >= 15 is 0 Å². The number of hydrazone groups is 1. The summed E-state index contributed by atoms with van der Waals surface area (Å²) in [6.07, 6.45) is 0.236. The molecule has 5 heteroatoms. The summed E-state index contributed by atoms with van der Waals surface area (Å²) in [7, 11) is 0. The quantitative estimate of drug-likeness (QED) is 0.694. The topological polar surface area (TPSA) is 59.9 Å². The SMILES string of the molecule is C/C(=N/NC(=O)Cc1ccc2c(c1)OCO2)c1cc(C)ccc1C. The van der Waals surface area contributed by atoms with Crippen LogP contribution in [0.1, 0.15) is 29.2 Å². The van der Waals surface area contributed by atoms with Gasteiger partial charge in [0, 0.05) is 5.56 Å². The number of hydrogen-bond donors (Lipinski definition) is 1. The monoisotopic (exact) mass is 324 g/mol. The van der Waals surface area contributed by atoms with E-state index in [-0.39, 0.29) is 19.1 Å². The number of carbonyl (C=O) groups excluding carboxylic acids is 1. The van der Waals surface area contributed by atoms with Crippen molar-refractivity contribution >= 4 is 11.6 Å². The number of amides is 1. The van der Waals surface area contributed by atoms with Crippen LogP contribution in [0.5, 0.6) is 11.5 Å². The number of rotatable bonds is 4. The minimum Gasteiger partial charge on any atom is -0.454 e. The highest BCUT2D eigenvalue weighted by atomic mass is 16.7. The van der Waals surface area contributed by atoms with Crippen LogP contribution in [0.3, 0.4) is 0 Å². The predicted octanol–water partition coefficient (Wildman–Crippen LogP) is 3.12. The molecule has 124 valence electrons. The van der Waals surface area contributed by atoms with E-state index in [0.29, 0.717) is 11.5 Å². The van der Waals surface area contributed by atoms with Gasteiger partial charge in [-0.2, -0.15) is 5.10 Å². The Morgan fingerprint density at radius 2 is 1.92 bits per heavy atom. The van der Waals surface area contributed by atoms with Crippen LogP contribution in [-0.2, 0) is 11.2 Å². The van der Waals surface area contributed by atoms with Gasteiger partial charge in [-0.15, -0.1) is 0 Å². The first kappa shape index (κ1) is 16.1. The summed E-state index contributed by atoms with van der Waals surface area (Å²) < 4.78 is 10.6. The third-order valence-electron chi connectivity index (χ3n) is 3.93. The number of nitrogens with zero attached hydrogens (tertiary/aromatic N) is 1. The van der Waals surface area contributed by atoms with Crippen LogP contribution in [0, 0.1) is 13.8 Å². The molecular weight excluding hydrogens is 304 g/mol. The van der Waals surface area contributed by atoms with Gasteiger partial charge in [-0.3, -0.25) is 4.79 Å². The summed E-state index contributed by atoms with van der Waals surface area (Å²) in [5.74, 6) is 1.22. The fourth-order valence-electron chi connectivity index (χ4n) is 2.61. The Morgan fingerprint density at radius 1 is 1.12 bits per heavy atom. The molecule has 0 aliphatic carbocycles. The third-order valence-corrected chi connectivity index (χ3v) is 3.93. The number of aryl methyl sites for hydroxylation is 2. The fourth-order valence-corrected chi connectivity index (χ4v) is 2.61. The summed E-state index contributed by atoms with van der Waals surface area (Å²) in [6.45, 7) is 6.18. The first-order valence-electron chi connectivity index (χ1n) is 7.82. The van der Waals surface area contributed by atoms with Crippen molar-refractivity contribution in [3.8, 4) is 11.5 Å². The standard InChI is InChI=1S/C19H20N2O3/c1-12-4-5-13(2)16(8-12)14(3)20-21-19(22)10-15-6-7-17-18(9-15)24-11-23-17/h4-9H,10-11H2,1-3H3,(H,21,22)/b20-14-. The molecule has 2 aromatic carbocycles. The molecule has 1 amide bonds. The lowest BCUT2D eigenvalue weighted by Gasteiger charge is -2.07. The number of hydrogen-bond acceptors (Lipinski definition) is 4. The fraction of sp³-hybridized carbons (Fsp3) is 0.263. The van der Waals surface area contributed by atoms with Crippen molar-refractivity contribution in [2.45, 2.75) is 27.2 Å². The molecule has 0 radical (unpaired) electrons. The van der Waals surface area contributed by atoms with E-state index in [1.807, 2.05) is 39.0 Å². The van der Waals surface area contributed by atoms with Crippen molar-refractivity contribution < 1.29 is 14.3 Å². The molecule has 0 saturated heterocycles. The largest absolute Gasteiger partial charge is 0.454 e. The Hall–Kier alpha value is -2.82. The number of nitrogens with one attached hydrogen (secondary N) is 1. The van der Waals surface area contributed by atoms with Gasteiger partial charge in [0.05, 0.1) is 12.1 Å². The normalized spacial score (nSPS) is 13.0. The average Bonchev–Trinajstić information content (AvgIpc) is 3.02. The van der Waals surface area contributed by atoms with Crippen LogP contribution in [-0.4, -0.2) is 18.4 Å². The molecule has 0 atom stereocenters. The van der Waals surface area contributed by atoms with Gasteiger partial charge in [-0.05, 0) is 50.1 Å². The van der Waals surface area contributed by atoms with Crippen LogP contribution < -0.4 is 14.9 Å². The first-order chi connectivity index (χ1) is 11.5. The van der Waals surface area contributed by atoms with Crippen LogP contribution >= 0.6 is 0 Å². The molecule has 1 N–H and O–H groups in total. The summed E-state index contributed by atoms with van der Waals surface area (Å²) in [6, 6.07) is 11.7. The molecule has 2 aromatic rings. The van der Waals surface area contributed by atoms with E-state index in [2.05, 4.69) is 28.7 Å². The minimum absolute atomic E-state index is 0.168. The second-order valence-electron chi connectivity index (χ2n) is 5.91. The Balaban J connectivity index is 1.65. The zero-order valence-electron chi connectivity index (χ0n) is 14.1. The lowest BCUT2D eigenvalue weighted by Crippen LogP contribution is -2.21.